The third-order valence-corrected chi connectivity index (χ3v) is 16.9. The molecule has 588 valence electrons. The van der Waals surface area contributed by atoms with Crippen LogP contribution in [0.15, 0.2) is 109 Å². The topological polar surface area (TPSA) is 459 Å². The molecule has 4 aliphatic heterocycles. The molecule has 0 fully saturated rings. The lowest BCUT2D eigenvalue weighted by Crippen LogP contribution is -2.35. The lowest BCUT2D eigenvalue weighted by Gasteiger charge is -2.22. The zero-order chi connectivity index (χ0) is 82.0. The molecular weight excluding hydrogens is 1500 g/mol. The van der Waals surface area contributed by atoms with Crippen LogP contribution in [0.2, 0.25) is 0 Å². The fraction of sp³-hybridized carbons (Fsp3) is 0.412. The van der Waals surface area contributed by atoms with Crippen molar-refractivity contribution in [2.75, 3.05) is 137 Å². The van der Waals surface area contributed by atoms with Crippen LogP contribution in [0, 0.1) is 40.5 Å². The molecule has 108 heavy (non-hydrogen) atoms. The van der Waals surface area contributed by atoms with Crippen molar-refractivity contribution in [2.45, 2.75) is 50.1 Å². The van der Waals surface area contributed by atoms with Crippen LogP contribution < -0.4 is 18.9 Å². The lowest BCUT2D eigenvalue weighted by molar-refractivity contribution is -0.385. The Bertz CT molecular complexity index is 3460. The summed E-state index contributed by atoms with van der Waals surface area (Å²) >= 11 is 21.7. The van der Waals surface area contributed by atoms with Gasteiger partial charge in [0.2, 0.25) is 0 Å². The van der Waals surface area contributed by atoms with Gasteiger partial charge in [0.25, 0.3) is 22.7 Å². The van der Waals surface area contributed by atoms with Crippen molar-refractivity contribution < 1.29 is 98.0 Å². The first-order chi connectivity index (χ1) is 50.4. The predicted molar refractivity (Wildman–Crippen MR) is 413 cm³/mol. The summed E-state index contributed by atoms with van der Waals surface area (Å²) in [5.74, 6) is -5.05. The van der Waals surface area contributed by atoms with Gasteiger partial charge in [-0.05, 0) is 106 Å². The van der Waals surface area contributed by atoms with Crippen molar-refractivity contribution >= 4 is 127 Å². The maximum atomic E-state index is 10.9. The average molecular weight is 1590 g/mol. The molecule has 4 heterocycles. The fourth-order valence-electron chi connectivity index (χ4n) is 9.49. The van der Waals surface area contributed by atoms with Crippen LogP contribution in [0.25, 0.3) is 0 Å². The number of nitrogens with zero attached hydrogens (tertiary/aromatic N) is 12. The Morgan fingerprint density at radius 2 is 0.519 bits per heavy atom. The van der Waals surface area contributed by atoms with Gasteiger partial charge in [-0.3, -0.25) is 40.5 Å². The molecule has 6 N–H and O–H groups in total. The molecule has 4 aliphatic rings. The van der Waals surface area contributed by atoms with E-state index < -0.39 is 55.5 Å². The second kappa shape index (κ2) is 46.3. The number of nitro groups is 4. The highest BCUT2D eigenvalue weighted by Crippen LogP contribution is 2.34. The van der Waals surface area contributed by atoms with Crippen molar-refractivity contribution in [1.29, 1.82) is 0 Å². The first-order valence-electron chi connectivity index (χ1n) is 32.2. The average Bonchev–Trinajstić information content (AvgIpc) is 1.58. The summed E-state index contributed by atoms with van der Waals surface area (Å²) in [6.07, 6.45) is 6.88. The number of non-ortho nitro benzene ring substituents is 4. The fourth-order valence-corrected chi connectivity index (χ4v) is 10.4. The summed E-state index contributed by atoms with van der Waals surface area (Å²) in [4.78, 5) is 118. The second-order valence-electron chi connectivity index (χ2n) is 24.8. The molecule has 0 radical (unpaired) electrons. The van der Waals surface area contributed by atoms with Gasteiger partial charge in [0, 0.05) is 139 Å². The number of carboxylic acid groups (broad SMARTS) is 6. The monoisotopic (exact) mass is 1580 g/mol. The highest BCUT2D eigenvalue weighted by Gasteiger charge is 2.31. The van der Waals surface area contributed by atoms with Crippen molar-refractivity contribution in [3.05, 3.63) is 172 Å². The van der Waals surface area contributed by atoms with E-state index >= 15 is 0 Å². The first kappa shape index (κ1) is 93.2. The van der Waals surface area contributed by atoms with Crippen LogP contribution in [0.1, 0.15) is 47.9 Å². The van der Waals surface area contributed by atoms with Crippen molar-refractivity contribution in [3.63, 3.8) is 0 Å². The summed E-state index contributed by atoms with van der Waals surface area (Å²) in [5.41, 5.74) is 2.59. The quantitative estimate of drug-likeness (QED) is 0.0204. The van der Waals surface area contributed by atoms with E-state index in [1.165, 1.54) is 48.5 Å². The standard InChI is InChI=1S/4C14H19N3O3S.3C4H4O4/c4*1-15(2)7-6-11-9-16(3)14(21)12-8-10(17(18)19)4-5-13(12)20-11;3*5-3(6)1-2-4(7)8/h4*4-5,8,11H,6-7,9H2,1-3H3;3*1-2H,(H,5,6)(H,7,8). The molecular formula is C68H88N12O24S4. The van der Waals surface area contributed by atoms with Gasteiger partial charge in [0.1, 0.15) is 67.4 Å². The number of fused-ring (bicyclic) bond motifs is 4. The van der Waals surface area contributed by atoms with Crippen molar-refractivity contribution in [2.24, 2.45) is 0 Å². The van der Waals surface area contributed by atoms with E-state index in [1.54, 1.807) is 24.3 Å². The maximum Gasteiger partial charge on any atom is 0.328 e. The minimum atomic E-state index is -1.26. The van der Waals surface area contributed by atoms with E-state index in [9.17, 15) is 69.2 Å². The highest BCUT2D eigenvalue weighted by atomic mass is 32.1. The van der Waals surface area contributed by atoms with Crippen molar-refractivity contribution in [3.8, 4) is 23.0 Å². The van der Waals surface area contributed by atoms with Gasteiger partial charge in [-0.2, -0.15) is 0 Å². The summed E-state index contributed by atoms with van der Waals surface area (Å²) in [6, 6.07) is 18.3. The second-order valence-corrected chi connectivity index (χ2v) is 26.4. The highest BCUT2D eigenvalue weighted by molar-refractivity contribution is 7.81. The van der Waals surface area contributed by atoms with Gasteiger partial charge in [0.05, 0.1) is 68.1 Å². The smallest absolute Gasteiger partial charge is 0.328 e. The van der Waals surface area contributed by atoms with Gasteiger partial charge in [-0.1, -0.05) is 48.9 Å². The Morgan fingerprint density at radius 3 is 0.648 bits per heavy atom. The van der Waals surface area contributed by atoms with Crippen LogP contribution in [0.3, 0.4) is 0 Å². The molecule has 8 rings (SSSR count). The number of hydrogen-bond acceptors (Lipinski definition) is 26. The van der Waals surface area contributed by atoms with Gasteiger partial charge in [-0.25, -0.2) is 28.8 Å². The Morgan fingerprint density at radius 1 is 0.361 bits per heavy atom. The number of likely N-dealkylation sites (N-methyl/N-ethyl adjacent to an activating group) is 4. The molecule has 4 unspecified atom stereocenters. The zero-order valence-corrected chi connectivity index (χ0v) is 64.5. The number of ether oxygens (including phenoxy) is 4. The Kier molecular flexibility index (Phi) is 39.9. The molecule has 0 saturated carbocycles. The van der Waals surface area contributed by atoms with Crippen LogP contribution in [0.4, 0.5) is 22.7 Å². The SMILES string of the molecule is CN(C)CCC1CN(C)C(=S)c2cc([N+](=O)[O-])ccc2O1.CN(C)CCC1CN(C)C(=S)c2cc([N+](=O)[O-])ccc2O1.CN(C)CCC1CN(C)C(=S)c2cc([N+](=O)[O-])ccc2O1.CN(C)CCC1CN(C)C(=S)c2cc([N+](=O)[O-])ccc2O1.O=C(O)C=CC(=O)O.O=C(O)C=CC(=O)O.O=C(O)C=CC(=O)O. The third kappa shape index (κ3) is 34.6. The maximum absolute atomic E-state index is 10.9. The van der Waals surface area contributed by atoms with Crippen molar-refractivity contribution in [1.82, 2.24) is 39.2 Å². The van der Waals surface area contributed by atoms with E-state index in [4.69, 9.17) is 98.5 Å². The number of thiocarbonyl (C=S) groups is 4. The lowest BCUT2D eigenvalue weighted by atomic mass is 10.1. The first-order valence-corrected chi connectivity index (χ1v) is 33.9. The summed E-state index contributed by atoms with van der Waals surface area (Å²) in [5, 5.41) is 90.5. The molecule has 0 amide bonds. The number of nitro benzene ring substituents is 4. The molecule has 4 aromatic rings. The molecule has 36 nitrogen and oxygen atoms in total. The van der Waals surface area contributed by atoms with Crippen LogP contribution in [0.5, 0.6) is 23.0 Å². The third-order valence-electron chi connectivity index (χ3n) is 14.8. The van der Waals surface area contributed by atoms with Gasteiger partial charge >= 0.3 is 35.8 Å². The minimum absolute atomic E-state index is 0.0121. The Hall–Kier alpha value is -10.9. The summed E-state index contributed by atoms with van der Waals surface area (Å²) < 4.78 is 24.0. The molecule has 0 saturated heterocycles. The molecule has 0 spiro atoms. The van der Waals surface area contributed by atoms with Gasteiger partial charge in [0.15, 0.2) is 0 Å². The minimum Gasteiger partial charge on any atom is -0.488 e. The van der Waals surface area contributed by atoms with E-state index in [0.717, 1.165) is 51.9 Å². The van der Waals surface area contributed by atoms with E-state index in [1.807, 2.05) is 104 Å². The number of carbonyl (C=O) groups is 6. The largest absolute Gasteiger partial charge is 0.488 e. The normalized spacial score (nSPS) is 16.3. The summed E-state index contributed by atoms with van der Waals surface area (Å²) in [7, 11) is 23.7. The molecule has 4 atom stereocenters. The van der Waals surface area contributed by atoms with Gasteiger partial charge < -0.3 is 88.8 Å². The number of rotatable bonds is 22. The molecule has 40 heteroatoms. The van der Waals surface area contributed by atoms with Crippen LogP contribution >= 0.6 is 48.9 Å². The van der Waals surface area contributed by atoms with E-state index in [-0.39, 0.29) is 47.2 Å². The molecule has 0 aromatic heterocycles. The number of aliphatic carboxylic acids is 6. The number of benzene rings is 4. The molecule has 0 aliphatic carbocycles. The van der Waals surface area contributed by atoms with Crippen LogP contribution in [-0.2, 0) is 28.8 Å². The van der Waals surface area contributed by atoms with Crippen LogP contribution in [-0.4, -0.2) is 307 Å². The number of carboxylic acids is 6. The zero-order valence-electron chi connectivity index (χ0n) is 61.2. The Balaban J connectivity index is 0.000000444. The number of hydrogen-bond donors (Lipinski definition) is 6. The van der Waals surface area contributed by atoms with E-state index in [0.29, 0.717) is 128 Å². The van der Waals surface area contributed by atoms with Gasteiger partial charge in [-0.15, -0.1) is 0 Å². The summed E-state index contributed by atoms with van der Waals surface area (Å²) in [6.45, 7) is 6.34. The molecule has 4 aromatic carbocycles. The van der Waals surface area contributed by atoms with E-state index in [2.05, 4.69) is 19.6 Å². The Labute approximate surface area is 643 Å². The predicted octanol–water partition coefficient (Wildman–Crippen LogP) is 6.79. The molecule has 0 bridgehead atoms.